The minimum absolute atomic E-state index is 0.291. The fourth-order valence-corrected chi connectivity index (χ4v) is 0.764. The molecule has 0 aliphatic rings. The fourth-order valence-electron chi connectivity index (χ4n) is 0.764. The maximum absolute atomic E-state index is 9.04. The molecule has 0 saturated heterocycles. The van der Waals surface area contributed by atoms with E-state index in [4.69, 9.17) is 5.11 Å². The number of aliphatic hydroxyl groups is 1. The molecule has 0 rings (SSSR count). The van der Waals surface area contributed by atoms with Gasteiger partial charge in [0, 0.05) is 19.0 Å². The molecular formula is C9H17NO. The lowest BCUT2D eigenvalue weighted by molar-refractivity contribution is 0.157. The Hall–Kier alpha value is -0.680. The van der Waals surface area contributed by atoms with E-state index in [9.17, 15) is 0 Å². The molecule has 1 atom stereocenters. The van der Waals surface area contributed by atoms with Gasteiger partial charge in [0.2, 0.25) is 0 Å². The average molecular weight is 155 g/mol. The zero-order chi connectivity index (χ0) is 8.69. The van der Waals surface area contributed by atoms with Crippen LogP contribution in [0.1, 0.15) is 27.2 Å². The van der Waals surface area contributed by atoms with Crippen LogP contribution in [0.25, 0.3) is 0 Å². The van der Waals surface area contributed by atoms with Gasteiger partial charge in [-0.05, 0) is 13.8 Å². The van der Waals surface area contributed by atoms with Crippen molar-refractivity contribution in [1.82, 2.24) is 4.90 Å². The first-order chi connectivity index (χ1) is 5.20. The van der Waals surface area contributed by atoms with Gasteiger partial charge in [-0.2, -0.15) is 0 Å². The van der Waals surface area contributed by atoms with Crippen LogP contribution in [0.2, 0.25) is 0 Å². The lowest BCUT2D eigenvalue weighted by Crippen LogP contribution is -2.26. The van der Waals surface area contributed by atoms with Gasteiger partial charge in [-0.25, -0.2) is 0 Å². The van der Waals surface area contributed by atoms with Gasteiger partial charge in [-0.15, -0.1) is 0 Å². The smallest absolute Gasteiger partial charge is 0.0694 e. The highest BCUT2D eigenvalue weighted by Crippen LogP contribution is 1.88. The van der Waals surface area contributed by atoms with Crippen molar-refractivity contribution < 1.29 is 5.11 Å². The Bertz CT molecular complexity index is 143. The Morgan fingerprint density at radius 2 is 2.09 bits per heavy atom. The number of hydrogen-bond acceptors (Lipinski definition) is 2. The Balaban J connectivity index is 3.76. The van der Waals surface area contributed by atoms with Crippen LogP contribution >= 0.6 is 0 Å². The summed E-state index contributed by atoms with van der Waals surface area (Å²) in [6, 6.07) is 2.97. The van der Waals surface area contributed by atoms with Crippen LogP contribution < -0.4 is 0 Å². The third-order valence-corrected chi connectivity index (χ3v) is 1.28. The van der Waals surface area contributed by atoms with Crippen molar-refractivity contribution in [3.63, 3.8) is 0 Å². The number of aliphatic hydroxyl groups excluding tert-OH is 1. The topological polar surface area (TPSA) is 23.5 Å². The van der Waals surface area contributed by atoms with E-state index >= 15 is 0 Å². The number of rotatable bonds is 3. The molecule has 0 aromatic rings. The van der Waals surface area contributed by atoms with Crippen LogP contribution in [0.15, 0.2) is 0 Å². The van der Waals surface area contributed by atoms with Crippen LogP contribution in [-0.4, -0.2) is 29.2 Å². The van der Waals surface area contributed by atoms with Crippen molar-refractivity contribution in [3.8, 4) is 12.0 Å². The third kappa shape index (κ3) is 5.75. The van der Waals surface area contributed by atoms with Crippen molar-refractivity contribution >= 4 is 0 Å². The summed E-state index contributed by atoms with van der Waals surface area (Å²) in [4.78, 5) is 1.92. The SMILES string of the molecule is CCC#CN(CC)CC(C)O. The monoisotopic (exact) mass is 155 g/mol. The van der Waals surface area contributed by atoms with Crippen LogP contribution in [0.4, 0.5) is 0 Å². The first-order valence-corrected chi connectivity index (χ1v) is 4.12. The van der Waals surface area contributed by atoms with Crippen molar-refractivity contribution in [3.05, 3.63) is 0 Å². The summed E-state index contributed by atoms with van der Waals surface area (Å²) < 4.78 is 0. The lowest BCUT2D eigenvalue weighted by atomic mass is 10.3. The minimum atomic E-state index is -0.291. The largest absolute Gasteiger partial charge is 0.392 e. The van der Waals surface area contributed by atoms with Crippen LogP contribution in [0.5, 0.6) is 0 Å². The predicted molar refractivity (Wildman–Crippen MR) is 47.0 cm³/mol. The number of hydrogen-bond donors (Lipinski definition) is 1. The maximum atomic E-state index is 9.04. The second-order valence-electron chi connectivity index (χ2n) is 2.53. The van der Waals surface area contributed by atoms with Gasteiger partial charge < -0.3 is 10.0 Å². The van der Waals surface area contributed by atoms with Crippen molar-refractivity contribution in [2.75, 3.05) is 13.1 Å². The number of nitrogens with zero attached hydrogens (tertiary/aromatic N) is 1. The van der Waals surface area contributed by atoms with E-state index in [1.165, 1.54) is 0 Å². The van der Waals surface area contributed by atoms with Crippen molar-refractivity contribution in [1.29, 1.82) is 0 Å². The van der Waals surface area contributed by atoms with Gasteiger partial charge in [0.05, 0.1) is 12.6 Å². The van der Waals surface area contributed by atoms with E-state index in [0.29, 0.717) is 6.54 Å². The summed E-state index contributed by atoms with van der Waals surface area (Å²) in [5.41, 5.74) is 0. The second-order valence-corrected chi connectivity index (χ2v) is 2.53. The quantitative estimate of drug-likeness (QED) is 0.486. The first-order valence-electron chi connectivity index (χ1n) is 4.12. The zero-order valence-corrected chi connectivity index (χ0v) is 7.59. The molecule has 0 heterocycles. The minimum Gasteiger partial charge on any atom is -0.392 e. The summed E-state index contributed by atoms with van der Waals surface area (Å²) in [6.45, 7) is 7.34. The van der Waals surface area contributed by atoms with E-state index in [1.807, 2.05) is 18.7 Å². The Labute approximate surface area is 69.2 Å². The highest BCUT2D eigenvalue weighted by atomic mass is 16.3. The summed E-state index contributed by atoms with van der Waals surface area (Å²) in [5.74, 6) is 2.97. The third-order valence-electron chi connectivity index (χ3n) is 1.28. The van der Waals surface area contributed by atoms with Gasteiger partial charge in [0.25, 0.3) is 0 Å². The van der Waals surface area contributed by atoms with Gasteiger partial charge in [-0.1, -0.05) is 12.8 Å². The molecule has 0 fully saturated rings. The predicted octanol–water partition coefficient (Wildman–Crippen LogP) is 1.06. The van der Waals surface area contributed by atoms with Crippen molar-refractivity contribution in [2.45, 2.75) is 33.3 Å². The van der Waals surface area contributed by atoms with Crippen molar-refractivity contribution in [2.24, 2.45) is 0 Å². The van der Waals surface area contributed by atoms with Crippen LogP contribution in [0.3, 0.4) is 0 Å². The molecule has 0 aromatic carbocycles. The summed E-state index contributed by atoms with van der Waals surface area (Å²) in [5, 5.41) is 9.04. The molecule has 64 valence electrons. The summed E-state index contributed by atoms with van der Waals surface area (Å²) in [6.07, 6.45) is 0.581. The molecule has 1 N–H and O–H groups in total. The van der Waals surface area contributed by atoms with E-state index in [-0.39, 0.29) is 6.10 Å². The molecule has 2 nitrogen and oxygen atoms in total. The molecule has 0 bridgehead atoms. The van der Waals surface area contributed by atoms with E-state index in [1.54, 1.807) is 6.92 Å². The van der Waals surface area contributed by atoms with Crippen LogP contribution in [0, 0.1) is 12.0 Å². The van der Waals surface area contributed by atoms with E-state index < -0.39 is 0 Å². The number of likely N-dealkylation sites (N-methyl/N-ethyl adjacent to an activating group) is 1. The van der Waals surface area contributed by atoms with Gasteiger partial charge in [0.15, 0.2) is 0 Å². The molecular weight excluding hydrogens is 138 g/mol. The Morgan fingerprint density at radius 1 is 1.45 bits per heavy atom. The summed E-state index contributed by atoms with van der Waals surface area (Å²) in [7, 11) is 0. The molecule has 0 saturated carbocycles. The van der Waals surface area contributed by atoms with Gasteiger partial charge in [-0.3, -0.25) is 0 Å². The molecule has 1 unspecified atom stereocenters. The van der Waals surface area contributed by atoms with E-state index in [2.05, 4.69) is 12.0 Å². The van der Waals surface area contributed by atoms with Gasteiger partial charge in [0.1, 0.15) is 0 Å². The average Bonchev–Trinajstić information content (AvgIpc) is 1.97. The second kappa shape index (κ2) is 6.06. The molecule has 0 aliphatic carbocycles. The first kappa shape index (κ1) is 10.3. The Morgan fingerprint density at radius 3 is 2.45 bits per heavy atom. The van der Waals surface area contributed by atoms with Crippen LogP contribution in [-0.2, 0) is 0 Å². The molecule has 2 heteroatoms. The lowest BCUT2D eigenvalue weighted by Gasteiger charge is -2.16. The fraction of sp³-hybridized carbons (Fsp3) is 0.778. The zero-order valence-electron chi connectivity index (χ0n) is 7.59. The van der Waals surface area contributed by atoms with Gasteiger partial charge >= 0.3 is 0 Å². The Kier molecular flexibility index (Phi) is 5.68. The summed E-state index contributed by atoms with van der Waals surface area (Å²) >= 11 is 0. The normalized spacial score (nSPS) is 11.6. The molecule has 0 radical (unpaired) electrons. The molecule has 0 aromatic heterocycles. The maximum Gasteiger partial charge on any atom is 0.0694 e. The molecule has 0 amide bonds. The molecule has 0 aliphatic heterocycles. The highest BCUT2D eigenvalue weighted by Gasteiger charge is 1.99. The van der Waals surface area contributed by atoms with E-state index in [0.717, 1.165) is 13.0 Å². The molecule has 0 spiro atoms. The standard InChI is InChI=1S/C9H17NO/c1-4-6-7-10(5-2)8-9(3)11/h9,11H,4-5,8H2,1-3H3. The molecule has 11 heavy (non-hydrogen) atoms. The highest BCUT2D eigenvalue weighted by molar-refractivity contribution is 4.97.